The van der Waals surface area contributed by atoms with Crippen LogP contribution in [0.15, 0.2) is 24.3 Å². The Hall–Kier alpha value is -1.00. The Morgan fingerprint density at radius 3 is 2.64 bits per heavy atom. The molecule has 4 heteroatoms. The molecular formula is C10H13F2NO. The molecule has 0 saturated carbocycles. The first-order chi connectivity index (χ1) is 6.72. The molecule has 2 N–H and O–H groups in total. The maximum absolute atomic E-state index is 11.7. The third kappa shape index (κ3) is 3.81. The van der Waals surface area contributed by atoms with E-state index in [4.69, 9.17) is 10.5 Å². The van der Waals surface area contributed by atoms with Crippen molar-refractivity contribution in [1.82, 2.24) is 0 Å². The van der Waals surface area contributed by atoms with E-state index in [-0.39, 0.29) is 6.61 Å². The van der Waals surface area contributed by atoms with Gasteiger partial charge in [0.05, 0.1) is 6.61 Å². The molecule has 2 nitrogen and oxygen atoms in total. The molecule has 78 valence electrons. The van der Waals surface area contributed by atoms with Crippen LogP contribution in [-0.2, 0) is 17.9 Å². The number of ether oxygens (including phenoxy) is 1. The predicted octanol–water partition coefficient (Wildman–Crippen LogP) is 1.93. The van der Waals surface area contributed by atoms with Gasteiger partial charge in [0.15, 0.2) is 0 Å². The average molecular weight is 201 g/mol. The van der Waals surface area contributed by atoms with E-state index in [0.717, 1.165) is 11.1 Å². The van der Waals surface area contributed by atoms with Crippen LogP contribution in [0.4, 0.5) is 8.78 Å². The SMILES string of the molecule is NCc1cccc(COCC(F)F)c1. The normalized spacial score (nSPS) is 10.9. The number of halogens is 2. The van der Waals surface area contributed by atoms with Gasteiger partial charge in [-0.2, -0.15) is 0 Å². The van der Waals surface area contributed by atoms with E-state index in [2.05, 4.69) is 0 Å². The zero-order valence-corrected chi connectivity index (χ0v) is 7.75. The molecule has 14 heavy (non-hydrogen) atoms. The number of rotatable bonds is 5. The van der Waals surface area contributed by atoms with Crippen molar-refractivity contribution in [3.8, 4) is 0 Å². The van der Waals surface area contributed by atoms with Gasteiger partial charge >= 0.3 is 0 Å². The molecule has 1 aromatic rings. The van der Waals surface area contributed by atoms with Gasteiger partial charge in [0, 0.05) is 6.54 Å². The van der Waals surface area contributed by atoms with E-state index in [1.807, 2.05) is 24.3 Å². The lowest BCUT2D eigenvalue weighted by Crippen LogP contribution is -2.04. The van der Waals surface area contributed by atoms with Crippen LogP contribution >= 0.6 is 0 Å². The molecule has 1 rings (SSSR count). The van der Waals surface area contributed by atoms with Gasteiger partial charge < -0.3 is 10.5 Å². The maximum Gasteiger partial charge on any atom is 0.261 e. The van der Waals surface area contributed by atoms with Crippen molar-refractivity contribution >= 4 is 0 Å². The highest BCUT2D eigenvalue weighted by Gasteiger charge is 2.02. The monoisotopic (exact) mass is 201 g/mol. The molecule has 0 spiro atoms. The molecule has 0 fully saturated rings. The number of hydrogen-bond donors (Lipinski definition) is 1. The van der Waals surface area contributed by atoms with E-state index in [1.54, 1.807) is 0 Å². The smallest absolute Gasteiger partial charge is 0.261 e. The second kappa shape index (κ2) is 5.67. The summed E-state index contributed by atoms with van der Waals surface area (Å²) in [7, 11) is 0. The maximum atomic E-state index is 11.7. The quantitative estimate of drug-likeness (QED) is 0.790. The number of hydrogen-bond acceptors (Lipinski definition) is 2. The molecule has 0 heterocycles. The van der Waals surface area contributed by atoms with Gasteiger partial charge in [-0.25, -0.2) is 8.78 Å². The van der Waals surface area contributed by atoms with E-state index in [0.29, 0.717) is 6.54 Å². The summed E-state index contributed by atoms with van der Waals surface area (Å²) < 4.78 is 28.3. The Morgan fingerprint density at radius 1 is 1.29 bits per heavy atom. The van der Waals surface area contributed by atoms with E-state index in [9.17, 15) is 8.78 Å². The lowest BCUT2D eigenvalue weighted by atomic mass is 10.1. The van der Waals surface area contributed by atoms with E-state index in [1.165, 1.54) is 0 Å². The molecule has 0 atom stereocenters. The van der Waals surface area contributed by atoms with Gasteiger partial charge in [0.2, 0.25) is 0 Å². The molecule has 0 aliphatic carbocycles. The molecular weight excluding hydrogens is 188 g/mol. The molecule has 0 aliphatic heterocycles. The van der Waals surface area contributed by atoms with Crippen LogP contribution < -0.4 is 5.73 Å². The van der Waals surface area contributed by atoms with Crippen LogP contribution in [0.3, 0.4) is 0 Å². The Morgan fingerprint density at radius 2 is 2.00 bits per heavy atom. The van der Waals surface area contributed by atoms with E-state index < -0.39 is 13.0 Å². The number of benzene rings is 1. The fourth-order valence-electron chi connectivity index (χ4n) is 1.11. The molecule has 0 saturated heterocycles. The van der Waals surface area contributed by atoms with Gasteiger partial charge in [0.25, 0.3) is 6.43 Å². The van der Waals surface area contributed by atoms with Crippen LogP contribution in [0.25, 0.3) is 0 Å². The van der Waals surface area contributed by atoms with Crippen molar-refractivity contribution in [2.24, 2.45) is 5.73 Å². The minimum absolute atomic E-state index is 0.207. The summed E-state index contributed by atoms with van der Waals surface area (Å²) >= 11 is 0. The Bertz CT molecular complexity index is 279. The van der Waals surface area contributed by atoms with Gasteiger partial charge in [-0.1, -0.05) is 24.3 Å². The second-order valence-electron chi connectivity index (χ2n) is 2.93. The van der Waals surface area contributed by atoms with Crippen molar-refractivity contribution < 1.29 is 13.5 Å². The van der Waals surface area contributed by atoms with Crippen molar-refractivity contribution in [2.75, 3.05) is 6.61 Å². The standard InChI is InChI=1S/C10H13F2NO/c11-10(12)7-14-6-9-3-1-2-8(4-9)5-13/h1-4,10H,5-7,13H2. The minimum atomic E-state index is -2.41. The van der Waals surface area contributed by atoms with Gasteiger partial charge in [-0.3, -0.25) is 0 Å². The molecule has 0 bridgehead atoms. The molecule has 0 amide bonds. The summed E-state index contributed by atoms with van der Waals surface area (Å²) in [6.07, 6.45) is -2.41. The lowest BCUT2D eigenvalue weighted by molar-refractivity contribution is 0.00986. The Kier molecular flexibility index (Phi) is 4.49. The summed E-state index contributed by atoms with van der Waals surface area (Å²) in [5.74, 6) is 0. The van der Waals surface area contributed by atoms with Gasteiger partial charge in [-0.05, 0) is 11.1 Å². The first-order valence-corrected chi connectivity index (χ1v) is 4.36. The van der Waals surface area contributed by atoms with Crippen molar-refractivity contribution in [3.63, 3.8) is 0 Å². The van der Waals surface area contributed by atoms with Crippen LogP contribution in [0, 0.1) is 0 Å². The topological polar surface area (TPSA) is 35.2 Å². The zero-order valence-electron chi connectivity index (χ0n) is 7.75. The third-order valence-corrected chi connectivity index (χ3v) is 1.74. The first kappa shape index (κ1) is 11.1. The van der Waals surface area contributed by atoms with Crippen LogP contribution in [-0.4, -0.2) is 13.0 Å². The molecule has 0 unspecified atom stereocenters. The Balaban J connectivity index is 2.42. The molecule has 1 aromatic carbocycles. The number of alkyl halides is 2. The summed E-state index contributed by atoms with van der Waals surface area (Å²) in [4.78, 5) is 0. The van der Waals surface area contributed by atoms with Crippen LogP contribution in [0.5, 0.6) is 0 Å². The fourth-order valence-corrected chi connectivity index (χ4v) is 1.11. The van der Waals surface area contributed by atoms with Crippen LogP contribution in [0.2, 0.25) is 0 Å². The van der Waals surface area contributed by atoms with Crippen molar-refractivity contribution in [2.45, 2.75) is 19.6 Å². The fraction of sp³-hybridized carbons (Fsp3) is 0.400. The highest BCUT2D eigenvalue weighted by Crippen LogP contribution is 2.06. The molecule has 0 radical (unpaired) electrons. The molecule has 0 aromatic heterocycles. The Labute approximate surface area is 81.7 Å². The first-order valence-electron chi connectivity index (χ1n) is 4.36. The van der Waals surface area contributed by atoms with Crippen molar-refractivity contribution in [3.05, 3.63) is 35.4 Å². The van der Waals surface area contributed by atoms with Crippen molar-refractivity contribution in [1.29, 1.82) is 0 Å². The average Bonchev–Trinajstić information content (AvgIpc) is 2.18. The largest absolute Gasteiger partial charge is 0.371 e. The summed E-state index contributed by atoms with van der Waals surface area (Å²) in [5.41, 5.74) is 7.28. The zero-order chi connectivity index (χ0) is 10.4. The third-order valence-electron chi connectivity index (χ3n) is 1.74. The van der Waals surface area contributed by atoms with Gasteiger partial charge in [-0.15, -0.1) is 0 Å². The summed E-state index contributed by atoms with van der Waals surface area (Å²) in [6.45, 7) is 0.133. The van der Waals surface area contributed by atoms with E-state index >= 15 is 0 Å². The number of nitrogens with two attached hydrogens (primary N) is 1. The minimum Gasteiger partial charge on any atom is -0.371 e. The van der Waals surface area contributed by atoms with Gasteiger partial charge in [0.1, 0.15) is 6.61 Å². The summed E-state index contributed by atoms with van der Waals surface area (Å²) in [6, 6.07) is 7.40. The predicted molar refractivity (Wildman–Crippen MR) is 50.0 cm³/mol. The second-order valence-corrected chi connectivity index (χ2v) is 2.93. The lowest BCUT2D eigenvalue weighted by Gasteiger charge is -2.04. The van der Waals surface area contributed by atoms with Crippen LogP contribution in [0.1, 0.15) is 11.1 Å². The highest BCUT2D eigenvalue weighted by molar-refractivity contribution is 5.22. The summed E-state index contributed by atoms with van der Waals surface area (Å²) in [5, 5.41) is 0. The molecule has 0 aliphatic rings. The highest BCUT2D eigenvalue weighted by atomic mass is 19.3.